The fourth-order valence-electron chi connectivity index (χ4n) is 1.37. The lowest BCUT2D eigenvalue weighted by molar-refractivity contribution is 0.0911. The first kappa shape index (κ1) is 14.0. The van der Waals surface area contributed by atoms with Gasteiger partial charge in [0, 0.05) is 35.7 Å². The Morgan fingerprint density at radius 2 is 2.18 bits per heavy atom. The molecule has 17 heavy (non-hydrogen) atoms. The summed E-state index contributed by atoms with van der Waals surface area (Å²) in [5, 5.41) is 3.72. The summed E-state index contributed by atoms with van der Waals surface area (Å²) in [6.45, 7) is 3.90. The van der Waals surface area contributed by atoms with Crippen molar-refractivity contribution in [3.8, 4) is 0 Å². The van der Waals surface area contributed by atoms with Crippen molar-refractivity contribution in [2.45, 2.75) is 25.8 Å². The van der Waals surface area contributed by atoms with Crippen LogP contribution in [0.2, 0.25) is 0 Å². The quantitative estimate of drug-likeness (QED) is 0.860. The van der Waals surface area contributed by atoms with Gasteiger partial charge in [0.1, 0.15) is 0 Å². The first-order valence-electron chi connectivity index (χ1n) is 5.41. The number of alkyl halides is 1. The van der Waals surface area contributed by atoms with Crippen LogP contribution in [0.4, 0.5) is 0 Å². The number of hydrogen-bond acceptors (Lipinski definition) is 2. The van der Waals surface area contributed by atoms with Crippen LogP contribution in [0.25, 0.3) is 0 Å². The molecule has 0 radical (unpaired) electrons. The molecule has 94 valence electrons. The number of pyridine rings is 1. The minimum atomic E-state index is -0.290. The second-order valence-corrected chi connectivity index (χ2v) is 5.43. The number of carbonyl (C=O) groups is 1. The Labute approximate surface area is 109 Å². The molecule has 4 nitrogen and oxygen atoms in total. The maximum atomic E-state index is 11.9. The van der Waals surface area contributed by atoms with Crippen LogP contribution >= 0.6 is 15.9 Å². The van der Waals surface area contributed by atoms with E-state index >= 15 is 0 Å². The molecule has 0 fully saturated rings. The van der Waals surface area contributed by atoms with Crippen LogP contribution in [-0.2, 0) is 7.05 Å². The average Bonchev–Trinajstić information content (AvgIpc) is 2.21. The lowest BCUT2D eigenvalue weighted by Gasteiger charge is -2.25. The van der Waals surface area contributed by atoms with Gasteiger partial charge < -0.3 is 9.88 Å². The lowest BCUT2D eigenvalue weighted by atomic mass is 10.0. The summed E-state index contributed by atoms with van der Waals surface area (Å²) in [6, 6.07) is 2.99. The third kappa shape index (κ3) is 4.00. The van der Waals surface area contributed by atoms with Crippen molar-refractivity contribution in [2.24, 2.45) is 7.05 Å². The monoisotopic (exact) mass is 300 g/mol. The van der Waals surface area contributed by atoms with Gasteiger partial charge in [-0.05, 0) is 26.3 Å². The summed E-state index contributed by atoms with van der Waals surface area (Å²) in [4.78, 5) is 23.3. The van der Waals surface area contributed by atoms with E-state index in [0.29, 0.717) is 5.56 Å². The second-order valence-electron chi connectivity index (χ2n) is 4.64. The first-order valence-corrected chi connectivity index (χ1v) is 6.53. The first-order chi connectivity index (χ1) is 7.85. The minimum Gasteiger partial charge on any atom is -0.347 e. The van der Waals surface area contributed by atoms with Crippen LogP contribution in [0.5, 0.6) is 0 Å². The minimum absolute atomic E-state index is 0.184. The van der Waals surface area contributed by atoms with Gasteiger partial charge >= 0.3 is 0 Å². The van der Waals surface area contributed by atoms with Crippen LogP contribution < -0.4 is 10.9 Å². The Balaban J connectivity index is 2.83. The smallest absolute Gasteiger partial charge is 0.251 e. The molecule has 0 aromatic carbocycles. The third-order valence-corrected chi connectivity index (χ3v) is 2.93. The molecular weight excluding hydrogens is 284 g/mol. The maximum Gasteiger partial charge on any atom is 0.251 e. The van der Waals surface area contributed by atoms with Gasteiger partial charge in [-0.25, -0.2) is 0 Å². The number of rotatable bonds is 4. The molecule has 1 amide bonds. The van der Waals surface area contributed by atoms with E-state index in [4.69, 9.17) is 0 Å². The van der Waals surface area contributed by atoms with Crippen LogP contribution in [-0.4, -0.2) is 21.3 Å². The van der Waals surface area contributed by atoms with Crippen molar-refractivity contribution in [2.75, 3.05) is 5.33 Å². The number of amides is 1. The van der Waals surface area contributed by atoms with Gasteiger partial charge in [-0.1, -0.05) is 15.9 Å². The molecule has 1 rings (SSSR count). The molecule has 1 aromatic rings. The topological polar surface area (TPSA) is 51.1 Å². The molecule has 0 aliphatic carbocycles. The van der Waals surface area contributed by atoms with Crippen molar-refractivity contribution in [1.29, 1.82) is 0 Å². The van der Waals surface area contributed by atoms with Gasteiger partial charge in [0.25, 0.3) is 11.5 Å². The number of halogens is 1. The summed E-state index contributed by atoms with van der Waals surface area (Å²) in [5.74, 6) is -0.214. The normalized spacial score (nSPS) is 11.3. The highest BCUT2D eigenvalue weighted by Gasteiger charge is 2.20. The number of carbonyl (C=O) groups excluding carboxylic acids is 1. The Morgan fingerprint density at radius 1 is 1.53 bits per heavy atom. The van der Waals surface area contributed by atoms with E-state index < -0.39 is 0 Å². The van der Waals surface area contributed by atoms with E-state index in [9.17, 15) is 9.59 Å². The molecule has 0 bridgehead atoms. The van der Waals surface area contributed by atoms with E-state index in [2.05, 4.69) is 21.2 Å². The molecule has 1 aromatic heterocycles. The SMILES string of the molecule is Cn1ccc(C(=O)NC(C)(C)CCBr)cc1=O. The summed E-state index contributed by atoms with van der Waals surface area (Å²) < 4.78 is 1.43. The summed E-state index contributed by atoms with van der Waals surface area (Å²) in [6.07, 6.45) is 2.41. The standard InChI is InChI=1S/C12H17BrN2O2/c1-12(2,5-6-13)14-11(17)9-4-7-15(3)10(16)8-9/h4,7-8H,5-6H2,1-3H3,(H,14,17). The van der Waals surface area contributed by atoms with Crippen LogP contribution in [0.1, 0.15) is 30.6 Å². The highest BCUT2D eigenvalue weighted by molar-refractivity contribution is 9.09. The summed E-state index contributed by atoms with van der Waals surface area (Å²) in [7, 11) is 1.65. The molecule has 0 aliphatic heterocycles. The largest absolute Gasteiger partial charge is 0.347 e. The van der Waals surface area contributed by atoms with Gasteiger partial charge in [-0.3, -0.25) is 9.59 Å². The van der Waals surface area contributed by atoms with Crippen LogP contribution in [0.15, 0.2) is 23.1 Å². The Morgan fingerprint density at radius 3 is 2.71 bits per heavy atom. The van der Waals surface area contributed by atoms with Crippen LogP contribution in [0, 0.1) is 0 Å². The molecule has 0 saturated carbocycles. The molecular formula is C12H17BrN2O2. The van der Waals surface area contributed by atoms with E-state index in [1.54, 1.807) is 19.3 Å². The van der Waals surface area contributed by atoms with E-state index in [0.717, 1.165) is 11.8 Å². The molecule has 0 unspecified atom stereocenters. The number of hydrogen-bond donors (Lipinski definition) is 1. The number of nitrogens with one attached hydrogen (secondary N) is 1. The number of aromatic nitrogens is 1. The van der Waals surface area contributed by atoms with Gasteiger partial charge in [-0.2, -0.15) is 0 Å². The van der Waals surface area contributed by atoms with Crippen LogP contribution in [0.3, 0.4) is 0 Å². The zero-order valence-electron chi connectivity index (χ0n) is 10.3. The van der Waals surface area contributed by atoms with Gasteiger partial charge in [0.05, 0.1) is 0 Å². The molecule has 0 saturated heterocycles. The zero-order valence-corrected chi connectivity index (χ0v) is 11.9. The van der Waals surface area contributed by atoms with E-state index in [1.807, 2.05) is 13.8 Å². The Bertz CT molecular complexity index is 466. The second kappa shape index (κ2) is 5.49. The molecule has 1 heterocycles. The van der Waals surface area contributed by atoms with Crippen molar-refractivity contribution in [3.63, 3.8) is 0 Å². The van der Waals surface area contributed by atoms with Gasteiger partial charge in [0.15, 0.2) is 0 Å². The van der Waals surface area contributed by atoms with Crippen molar-refractivity contribution >= 4 is 21.8 Å². The van der Waals surface area contributed by atoms with E-state index in [1.165, 1.54) is 10.6 Å². The van der Waals surface area contributed by atoms with Crippen molar-refractivity contribution < 1.29 is 4.79 Å². The maximum absolute atomic E-state index is 11.9. The lowest BCUT2D eigenvalue weighted by Crippen LogP contribution is -2.44. The van der Waals surface area contributed by atoms with Crippen molar-refractivity contribution in [1.82, 2.24) is 9.88 Å². The zero-order chi connectivity index (χ0) is 13.1. The van der Waals surface area contributed by atoms with Gasteiger partial charge in [0.2, 0.25) is 0 Å². The molecule has 1 N–H and O–H groups in total. The predicted octanol–water partition coefficient (Wildman–Crippen LogP) is 1.68. The van der Waals surface area contributed by atoms with E-state index in [-0.39, 0.29) is 17.0 Å². The average molecular weight is 301 g/mol. The molecule has 0 aliphatic rings. The van der Waals surface area contributed by atoms with Gasteiger partial charge in [-0.15, -0.1) is 0 Å². The fraction of sp³-hybridized carbons (Fsp3) is 0.500. The highest BCUT2D eigenvalue weighted by atomic mass is 79.9. The highest BCUT2D eigenvalue weighted by Crippen LogP contribution is 2.11. The fourth-order valence-corrected chi connectivity index (χ4v) is 2.36. The molecule has 0 atom stereocenters. The number of nitrogens with zero attached hydrogens (tertiary/aromatic N) is 1. The predicted molar refractivity (Wildman–Crippen MR) is 71.6 cm³/mol. The molecule has 0 spiro atoms. The summed E-state index contributed by atoms with van der Waals surface area (Å²) >= 11 is 3.35. The summed E-state index contributed by atoms with van der Waals surface area (Å²) in [5.41, 5.74) is -0.0755. The number of aryl methyl sites for hydroxylation is 1. The Hall–Kier alpha value is -1.10. The van der Waals surface area contributed by atoms with Crippen molar-refractivity contribution in [3.05, 3.63) is 34.2 Å². The molecule has 5 heteroatoms. The third-order valence-electron chi connectivity index (χ3n) is 2.54. The Kier molecular flexibility index (Phi) is 4.51.